The first kappa shape index (κ1) is 17.7. The Morgan fingerprint density at radius 2 is 2.00 bits per heavy atom. The molecule has 7 nitrogen and oxygen atoms in total. The lowest BCUT2D eigenvalue weighted by molar-refractivity contribution is -0.139. The van der Waals surface area contributed by atoms with Gasteiger partial charge in [-0.1, -0.05) is 0 Å². The Labute approximate surface area is 140 Å². The van der Waals surface area contributed by atoms with Crippen molar-refractivity contribution in [2.24, 2.45) is 0 Å². The topological polar surface area (TPSA) is 101 Å². The molecule has 1 aromatic carbocycles. The maximum absolute atomic E-state index is 11.8. The first-order valence-electron chi connectivity index (χ1n) is 7.56. The summed E-state index contributed by atoms with van der Waals surface area (Å²) in [5.74, 6) is -0.410. The van der Waals surface area contributed by atoms with Gasteiger partial charge in [0.1, 0.15) is 17.4 Å². The van der Waals surface area contributed by atoms with Gasteiger partial charge in [0.15, 0.2) is 0 Å². The van der Waals surface area contributed by atoms with Crippen LogP contribution in [0.25, 0.3) is 10.9 Å². The quantitative estimate of drug-likeness (QED) is 0.780. The van der Waals surface area contributed by atoms with Crippen LogP contribution in [0.3, 0.4) is 0 Å². The number of rotatable bonds is 5. The fourth-order valence-electron chi connectivity index (χ4n) is 2.28. The molecule has 1 amide bonds. The van der Waals surface area contributed by atoms with Gasteiger partial charge in [0.2, 0.25) is 0 Å². The zero-order valence-corrected chi connectivity index (χ0v) is 14.2. The van der Waals surface area contributed by atoms with Gasteiger partial charge >= 0.3 is 12.1 Å². The molecule has 1 atom stereocenters. The monoisotopic (exact) mass is 334 g/mol. The number of benzene rings is 1. The number of aromatic amines is 1. The number of carboxylic acid groups (broad SMARTS) is 1. The van der Waals surface area contributed by atoms with Crippen molar-refractivity contribution in [3.05, 3.63) is 30.0 Å². The van der Waals surface area contributed by atoms with Gasteiger partial charge < -0.3 is 24.9 Å². The highest BCUT2D eigenvalue weighted by Crippen LogP contribution is 2.22. The maximum Gasteiger partial charge on any atom is 0.408 e. The number of ether oxygens (including phenoxy) is 2. The predicted molar refractivity (Wildman–Crippen MR) is 89.3 cm³/mol. The summed E-state index contributed by atoms with van der Waals surface area (Å²) in [5, 5.41) is 12.6. The largest absolute Gasteiger partial charge is 0.497 e. The molecule has 0 aliphatic rings. The van der Waals surface area contributed by atoms with E-state index in [1.54, 1.807) is 27.9 Å². The molecule has 0 radical (unpaired) electrons. The van der Waals surface area contributed by atoms with Crippen molar-refractivity contribution in [3.63, 3.8) is 0 Å². The number of nitrogens with one attached hydrogen (secondary N) is 2. The fourth-order valence-corrected chi connectivity index (χ4v) is 2.28. The third kappa shape index (κ3) is 4.65. The summed E-state index contributed by atoms with van der Waals surface area (Å²) in [4.78, 5) is 26.4. The van der Waals surface area contributed by atoms with E-state index in [0.717, 1.165) is 16.7 Å². The number of H-pyrrole nitrogens is 1. The molecule has 3 N–H and O–H groups in total. The number of alkyl carbamates (subject to hydrolysis) is 1. The molecule has 2 rings (SSSR count). The summed E-state index contributed by atoms with van der Waals surface area (Å²) in [5.41, 5.74) is 0.874. The number of carbonyl (C=O) groups excluding carboxylic acids is 1. The van der Waals surface area contributed by atoms with Crippen molar-refractivity contribution >= 4 is 23.0 Å². The molecule has 24 heavy (non-hydrogen) atoms. The second kappa shape index (κ2) is 6.82. The van der Waals surface area contributed by atoms with Gasteiger partial charge in [-0.3, -0.25) is 0 Å². The van der Waals surface area contributed by atoms with E-state index in [1.807, 2.05) is 24.3 Å². The number of fused-ring (bicyclic) bond motifs is 1. The van der Waals surface area contributed by atoms with Gasteiger partial charge in [-0.2, -0.15) is 0 Å². The predicted octanol–water partition coefficient (Wildman–Crippen LogP) is 2.70. The molecular formula is C17H22N2O5. The average Bonchev–Trinajstić information content (AvgIpc) is 2.85. The molecule has 7 heteroatoms. The van der Waals surface area contributed by atoms with Gasteiger partial charge in [-0.15, -0.1) is 0 Å². The van der Waals surface area contributed by atoms with Crippen LogP contribution >= 0.6 is 0 Å². The summed E-state index contributed by atoms with van der Waals surface area (Å²) < 4.78 is 10.3. The second-order valence-electron chi connectivity index (χ2n) is 6.49. The number of carbonyl (C=O) groups is 2. The minimum atomic E-state index is -1.13. The molecule has 2 aromatic rings. The van der Waals surface area contributed by atoms with E-state index in [9.17, 15) is 14.7 Å². The van der Waals surface area contributed by atoms with Crippen molar-refractivity contribution in [2.75, 3.05) is 7.11 Å². The van der Waals surface area contributed by atoms with Crippen LogP contribution in [0.1, 0.15) is 26.5 Å². The fraction of sp³-hybridized carbons (Fsp3) is 0.412. The number of aromatic nitrogens is 1. The molecule has 0 aliphatic carbocycles. The van der Waals surface area contributed by atoms with Crippen molar-refractivity contribution in [1.29, 1.82) is 0 Å². The molecule has 0 aliphatic heterocycles. The molecule has 1 aromatic heterocycles. The van der Waals surface area contributed by atoms with E-state index < -0.39 is 23.7 Å². The summed E-state index contributed by atoms with van der Waals surface area (Å²) in [6.45, 7) is 5.15. The summed E-state index contributed by atoms with van der Waals surface area (Å²) in [7, 11) is 1.58. The lowest BCUT2D eigenvalue weighted by atomic mass is 10.1. The summed E-state index contributed by atoms with van der Waals surface area (Å²) in [6.07, 6.45) is -0.640. The normalized spacial score (nSPS) is 12.7. The van der Waals surface area contributed by atoms with Crippen molar-refractivity contribution in [1.82, 2.24) is 10.3 Å². The van der Waals surface area contributed by atoms with Crippen LogP contribution in [-0.2, 0) is 16.0 Å². The Kier molecular flexibility index (Phi) is 5.02. The Morgan fingerprint density at radius 1 is 1.29 bits per heavy atom. The van der Waals surface area contributed by atoms with Crippen LogP contribution in [0, 0.1) is 0 Å². The zero-order valence-electron chi connectivity index (χ0n) is 14.2. The number of carboxylic acids is 1. The molecule has 1 heterocycles. The highest BCUT2D eigenvalue weighted by atomic mass is 16.6. The van der Waals surface area contributed by atoms with E-state index in [2.05, 4.69) is 10.3 Å². The zero-order chi connectivity index (χ0) is 17.9. The van der Waals surface area contributed by atoms with E-state index in [4.69, 9.17) is 9.47 Å². The molecule has 1 unspecified atom stereocenters. The van der Waals surface area contributed by atoms with Crippen LogP contribution in [-0.4, -0.2) is 40.9 Å². The molecular weight excluding hydrogens is 312 g/mol. The van der Waals surface area contributed by atoms with Gasteiger partial charge in [0.05, 0.1) is 7.11 Å². The van der Waals surface area contributed by atoms with Crippen LogP contribution < -0.4 is 10.1 Å². The Bertz CT molecular complexity index is 745. The summed E-state index contributed by atoms with van der Waals surface area (Å²) in [6, 6.07) is 6.27. The van der Waals surface area contributed by atoms with Crippen LogP contribution in [0.15, 0.2) is 24.3 Å². The van der Waals surface area contributed by atoms with Crippen LogP contribution in [0.4, 0.5) is 4.79 Å². The number of hydrogen-bond acceptors (Lipinski definition) is 4. The SMILES string of the molecule is COc1ccc2[nH]c(CC(NC(=O)OC(C)(C)C)C(=O)O)cc2c1. The first-order chi connectivity index (χ1) is 11.2. The van der Waals surface area contributed by atoms with Gasteiger partial charge in [0, 0.05) is 23.0 Å². The number of amides is 1. The number of aliphatic carboxylic acids is 1. The Hall–Kier alpha value is -2.70. The minimum absolute atomic E-state index is 0.117. The van der Waals surface area contributed by atoms with Crippen molar-refractivity contribution in [3.8, 4) is 5.75 Å². The van der Waals surface area contributed by atoms with Gasteiger partial charge in [0.25, 0.3) is 0 Å². The smallest absolute Gasteiger partial charge is 0.408 e. The lowest BCUT2D eigenvalue weighted by Crippen LogP contribution is -2.44. The Morgan fingerprint density at radius 3 is 2.58 bits per heavy atom. The Balaban J connectivity index is 2.13. The highest BCUT2D eigenvalue weighted by molar-refractivity contribution is 5.83. The molecule has 0 saturated heterocycles. The van der Waals surface area contributed by atoms with Crippen molar-refractivity contribution < 1.29 is 24.2 Å². The average molecular weight is 334 g/mol. The third-order valence-electron chi connectivity index (χ3n) is 3.30. The standard InChI is InChI=1S/C17H22N2O5/c1-17(2,3)24-16(22)19-14(15(20)21)9-11-7-10-8-12(23-4)5-6-13(10)18-11/h5-8,14,18H,9H2,1-4H3,(H,19,22)(H,20,21). The first-order valence-corrected chi connectivity index (χ1v) is 7.56. The molecule has 0 bridgehead atoms. The minimum Gasteiger partial charge on any atom is -0.497 e. The molecule has 130 valence electrons. The van der Waals surface area contributed by atoms with Gasteiger partial charge in [-0.25, -0.2) is 9.59 Å². The van der Waals surface area contributed by atoms with Gasteiger partial charge in [-0.05, 0) is 45.0 Å². The lowest BCUT2D eigenvalue weighted by Gasteiger charge is -2.21. The van der Waals surface area contributed by atoms with E-state index in [0.29, 0.717) is 5.69 Å². The van der Waals surface area contributed by atoms with Crippen LogP contribution in [0.2, 0.25) is 0 Å². The van der Waals surface area contributed by atoms with Crippen LogP contribution in [0.5, 0.6) is 5.75 Å². The second-order valence-corrected chi connectivity index (χ2v) is 6.49. The van der Waals surface area contributed by atoms with E-state index in [-0.39, 0.29) is 6.42 Å². The number of hydrogen-bond donors (Lipinski definition) is 3. The van der Waals surface area contributed by atoms with Crippen molar-refractivity contribution in [2.45, 2.75) is 38.8 Å². The molecule has 0 spiro atoms. The number of methoxy groups -OCH3 is 1. The van der Waals surface area contributed by atoms with E-state index >= 15 is 0 Å². The third-order valence-corrected chi connectivity index (χ3v) is 3.30. The summed E-state index contributed by atoms with van der Waals surface area (Å²) >= 11 is 0. The molecule has 0 fully saturated rings. The highest BCUT2D eigenvalue weighted by Gasteiger charge is 2.24. The molecule has 0 saturated carbocycles. The maximum atomic E-state index is 11.8. The van der Waals surface area contributed by atoms with E-state index in [1.165, 1.54) is 0 Å².